The molecule has 4 atom stereocenters. The zero-order valence-electron chi connectivity index (χ0n) is 16.7. The molecule has 0 radical (unpaired) electrons. The van der Waals surface area contributed by atoms with Gasteiger partial charge in [0.1, 0.15) is 0 Å². The van der Waals surface area contributed by atoms with Crippen molar-refractivity contribution in [2.75, 3.05) is 6.61 Å². The van der Waals surface area contributed by atoms with E-state index in [0.29, 0.717) is 5.78 Å². The number of aliphatic hydroxyl groups is 1. The van der Waals surface area contributed by atoms with Crippen molar-refractivity contribution < 1.29 is 23.8 Å². The minimum atomic E-state index is -3.33. The van der Waals surface area contributed by atoms with Crippen LogP contribution in [-0.4, -0.2) is 66.4 Å². The molecule has 3 N–H and O–H groups in total. The van der Waals surface area contributed by atoms with E-state index < -0.39 is 32.4 Å². The molecule has 0 bridgehead atoms. The second-order valence-electron chi connectivity index (χ2n) is 7.91. The molecule has 4 aromatic rings. The molecule has 0 amide bonds. The summed E-state index contributed by atoms with van der Waals surface area (Å²) in [6, 6.07) is 9.58. The van der Waals surface area contributed by atoms with Crippen molar-refractivity contribution in [3.05, 3.63) is 51.6 Å². The molecule has 32 heavy (non-hydrogen) atoms. The normalized spacial score (nSPS) is 28.2. The van der Waals surface area contributed by atoms with Gasteiger partial charge in [-0.3, -0.25) is 0 Å². The average molecular weight is 522 g/mol. The minimum absolute atomic E-state index is 0.0963. The quantitative estimate of drug-likeness (QED) is 0.197. The first-order chi connectivity index (χ1) is 15.3. The predicted molar refractivity (Wildman–Crippen MR) is 122 cm³/mol. The number of benzene rings is 1. The molecule has 5 heterocycles. The van der Waals surface area contributed by atoms with Gasteiger partial charge in [0.2, 0.25) is 0 Å². The number of hydrogen-bond acceptors (Lipinski definition) is 8. The van der Waals surface area contributed by atoms with Crippen LogP contribution in [0.3, 0.4) is 0 Å². The summed E-state index contributed by atoms with van der Waals surface area (Å²) < 4.78 is 20.1. The maximum absolute atomic E-state index is 13.2. The molecule has 14 heteroatoms. The van der Waals surface area contributed by atoms with E-state index >= 15 is 0 Å². The number of fused-ring (bicyclic) bond motifs is 3. The van der Waals surface area contributed by atoms with Crippen molar-refractivity contribution >= 4 is 48.3 Å². The molecular weight excluding hydrogens is 504 g/mol. The Morgan fingerprint density at radius 3 is 2.84 bits per heavy atom. The van der Waals surface area contributed by atoms with Crippen molar-refractivity contribution in [3.8, 4) is 11.3 Å². The topological polar surface area (TPSA) is 136 Å². The fraction of sp³-hybridized carbons (Fsp3) is 0.278. The Hall–Kier alpha value is -2.12. The Bertz CT molecular complexity index is 1410. The summed E-state index contributed by atoms with van der Waals surface area (Å²) in [6.45, 7) is 0.0963. The average Bonchev–Trinajstić information content (AvgIpc) is 3.43. The van der Waals surface area contributed by atoms with Crippen molar-refractivity contribution in [1.29, 1.82) is 0 Å². The number of hydrogen-bond donors (Lipinski definition) is 3. The van der Waals surface area contributed by atoms with Gasteiger partial charge in [-0.2, -0.15) is 0 Å². The van der Waals surface area contributed by atoms with Crippen LogP contribution in [0.1, 0.15) is 6.23 Å². The monoisotopic (exact) mass is 521 g/mol. The van der Waals surface area contributed by atoms with E-state index in [0.717, 1.165) is 11.3 Å². The van der Waals surface area contributed by atoms with Gasteiger partial charge >= 0.3 is 172 Å². The summed E-state index contributed by atoms with van der Waals surface area (Å²) in [7, 11) is -1.84. The summed E-state index contributed by atoms with van der Waals surface area (Å²) in [5.41, 5.74) is 1.65. The molecule has 11 nitrogen and oxygen atoms in total. The van der Waals surface area contributed by atoms with Crippen molar-refractivity contribution in [3.63, 3.8) is 0 Å². The molecule has 2 fully saturated rings. The predicted octanol–water partition coefficient (Wildman–Crippen LogP) is 0.511. The molecule has 6 rings (SSSR count). The number of H-pyrrole nitrogens is 1. The molecule has 2 saturated heterocycles. The van der Waals surface area contributed by atoms with Crippen LogP contribution in [0.5, 0.6) is 0 Å². The second kappa shape index (κ2) is 7.19. The number of aromatic amines is 1. The van der Waals surface area contributed by atoms with Crippen LogP contribution in [0.15, 0.2) is 46.1 Å². The SMILES string of the molecule is B[PH]1(O)OC[C@H]2O[C@@H](n3c(Br)nc4c(=O)n5cc(-c6ccccc6)[nH]c5nc43)C(O)[C@H]2O1. The van der Waals surface area contributed by atoms with Crippen molar-refractivity contribution in [1.82, 2.24) is 23.9 Å². The number of imidazole rings is 2. The van der Waals surface area contributed by atoms with Gasteiger partial charge in [-0.05, 0) is 0 Å². The molecular formula is C18H18BBrN5O6P. The first-order valence-electron chi connectivity index (χ1n) is 9.94. The third-order valence-electron chi connectivity index (χ3n) is 5.73. The Morgan fingerprint density at radius 2 is 2.06 bits per heavy atom. The maximum atomic E-state index is 13.2. The van der Waals surface area contributed by atoms with Crippen LogP contribution in [0.2, 0.25) is 0 Å². The number of aliphatic hydroxyl groups excluding tert-OH is 1. The molecule has 1 unspecified atom stereocenters. The molecule has 166 valence electrons. The molecule has 0 spiro atoms. The number of halogens is 1. The van der Waals surface area contributed by atoms with Crippen LogP contribution in [0.25, 0.3) is 28.2 Å². The van der Waals surface area contributed by atoms with E-state index in [1.165, 1.54) is 16.5 Å². The van der Waals surface area contributed by atoms with Gasteiger partial charge in [-0.1, -0.05) is 18.2 Å². The summed E-state index contributed by atoms with van der Waals surface area (Å²) in [5.74, 6) is 0.329. The second-order valence-corrected chi connectivity index (χ2v) is 10.9. The van der Waals surface area contributed by atoms with Crippen LogP contribution in [0, 0.1) is 0 Å². The number of nitrogens with zero attached hydrogens (tertiary/aromatic N) is 4. The third kappa shape index (κ3) is 3.08. The summed E-state index contributed by atoms with van der Waals surface area (Å²) >= 11 is 3.36. The van der Waals surface area contributed by atoms with Gasteiger partial charge in [0, 0.05) is 0 Å². The van der Waals surface area contributed by atoms with E-state index in [1.54, 1.807) is 6.20 Å². The standard InChI is InChI=1S/C18H18BBrN5O6P/c19-32(28)29-7-10-13(31-32)12(26)16(30-10)25-14-11(22-17(25)20)15(27)24-6-9(21-18(24)23-14)8-4-2-1-3-5-8/h1-6,10,12-13,16,26,28,32H,7,19H2,(H,21,23)/t10-,12?,13+,16-/m1/s1. The molecule has 0 aliphatic carbocycles. The Kier molecular flexibility index (Phi) is 4.60. The zero-order chi connectivity index (χ0) is 22.2. The van der Waals surface area contributed by atoms with Crippen LogP contribution in [0.4, 0.5) is 0 Å². The van der Waals surface area contributed by atoms with Gasteiger partial charge < -0.3 is 0 Å². The van der Waals surface area contributed by atoms with Gasteiger partial charge in [0.15, 0.2) is 0 Å². The van der Waals surface area contributed by atoms with E-state index in [9.17, 15) is 14.8 Å². The van der Waals surface area contributed by atoms with Crippen LogP contribution < -0.4 is 5.56 Å². The van der Waals surface area contributed by atoms with E-state index in [4.69, 9.17) is 13.8 Å². The van der Waals surface area contributed by atoms with Crippen LogP contribution in [-0.2, 0) is 13.8 Å². The van der Waals surface area contributed by atoms with Crippen LogP contribution >= 0.6 is 23.8 Å². The van der Waals surface area contributed by atoms with Gasteiger partial charge in [-0.25, -0.2) is 0 Å². The van der Waals surface area contributed by atoms with E-state index in [-0.39, 0.29) is 28.1 Å². The summed E-state index contributed by atoms with van der Waals surface area (Å²) in [6.07, 6.45) is -1.72. The van der Waals surface area contributed by atoms with Gasteiger partial charge in [0.25, 0.3) is 0 Å². The molecule has 2 aliphatic heterocycles. The Balaban J connectivity index is 1.47. The molecule has 3 aromatic heterocycles. The van der Waals surface area contributed by atoms with Crippen molar-refractivity contribution in [2.24, 2.45) is 0 Å². The fourth-order valence-corrected chi connectivity index (χ4v) is 6.11. The Labute approximate surface area is 190 Å². The third-order valence-corrected chi connectivity index (χ3v) is 7.70. The molecule has 2 aliphatic rings. The van der Waals surface area contributed by atoms with Gasteiger partial charge in [-0.15, -0.1) is 0 Å². The first-order valence-corrected chi connectivity index (χ1v) is 13.0. The molecule has 0 saturated carbocycles. The molecule has 1 aromatic carbocycles. The number of rotatable bonds is 2. The number of ether oxygens (including phenoxy) is 1. The zero-order valence-corrected chi connectivity index (χ0v) is 19.3. The van der Waals surface area contributed by atoms with E-state index in [2.05, 4.69) is 30.9 Å². The Morgan fingerprint density at radius 1 is 1.28 bits per heavy atom. The number of nitrogens with one attached hydrogen (secondary N) is 1. The van der Waals surface area contributed by atoms with E-state index in [1.807, 2.05) is 30.3 Å². The summed E-state index contributed by atoms with van der Waals surface area (Å²) in [5, 5.41) is 10.9. The van der Waals surface area contributed by atoms with Crippen molar-refractivity contribution in [2.45, 2.75) is 24.5 Å². The number of aromatic nitrogens is 5. The van der Waals surface area contributed by atoms with Gasteiger partial charge in [0.05, 0.1) is 0 Å². The fourth-order valence-electron chi connectivity index (χ4n) is 4.23. The first kappa shape index (κ1) is 20.5. The summed E-state index contributed by atoms with van der Waals surface area (Å²) in [4.78, 5) is 35.4.